The molecule has 1 fully saturated rings. The van der Waals surface area contributed by atoms with Gasteiger partial charge in [0.15, 0.2) is 0 Å². The Bertz CT molecular complexity index is 470. The zero-order chi connectivity index (χ0) is 13.9. The summed E-state index contributed by atoms with van der Waals surface area (Å²) in [5.74, 6) is 0.677. The summed E-state index contributed by atoms with van der Waals surface area (Å²) >= 11 is 0. The van der Waals surface area contributed by atoms with E-state index < -0.39 is 5.54 Å². The van der Waals surface area contributed by atoms with Crippen LogP contribution in [-0.4, -0.2) is 35.1 Å². The van der Waals surface area contributed by atoms with Gasteiger partial charge in [0.05, 0.1) is 12.6 Å². The highest BCUT2D eigenvalue weighted by Crippen LogP contribution is 2.24. The Labute approximate surface area is 113 Å². The molecule has 6 nitrogen and oxygen atoms in total. The summed E-state index contributed by atoms with van der Waals surface area (Å²) in [6.07, 6.45) is 2.61. The number of carbonyl (C=O) groups excluding carboxylic acids is 1. The Kier molecular flexibility index (Phi) is 3.99. The van der Waals surface area contributed by atoms with Crippen molar-refractivity contribution in [3.05, 3.63) is 11.8 Å². The van der Waals surface area contributed by atoms with E-state index in [9.17, 15) is 4.79 Å². The molecular formula is C13H20N4O2. The Morgan fingerprint density at radius 1 is 1.58 bits per heavy atom. The number of nitrogens with zero attached hydrogens (tertiary/aromatic N) is 2. The molecule has 0 spiro atoms. The molecule has 19 heavy (non-hydrogen) atoms. The van der Waals surface area contributed by atoms with Gasteiger partial charge in [-0.2, -0.15) is 4.98 Å². The van der Waals surface area contributed by atoms with Crippen LogP contribution in [0.4, 0.5) is 5.95 Å². The molecule has 6 heteroatoms. The van der Waals surface area contributed by atoms with Gasteiger partial charge in [0.25, 0.3) is 0 Å². The number of rotatable bonds is 4. The molecule has 1 aromatic heterocycles. The van der Waals surface area contributed by atoms with Crippen LogP contribution in [0, 0.1) is 6.92 Å². The number of nitrogens with one attached hydrogen (secondary N) is 2. The largest absolute Gasteiger partial charge is 0.481 e. The lowest BCUT2D eigenvalue weighted by Crippen LogP contribution is -2.50. The maximum atomic E-state index is 12.4. The standard InChI is InChI=1S/C13H20N4O2/c1-4-13(6-5-7-14-13)11(18)17-12-15-9(2)8-10(16-12)19-3/h8,14H,4-7H2,1-3H3,(H,15,16,17,18). The van der Waals surface area contributed by atoms with E-state index in [1.807, 2.05) is 13.8 Å². The Hall–Kier alpha value is -1.69. The van der Waals surface area contributed by atoms with Crippen LogP contribution in [0.1, 0.15) is 31.9 Å². The third-order valence-corrected chi connectivity index (χ3v) is 3.55. The van der Waals surface area contributed by atoms with Crippen molar-refractivity contribution in [3.8, 4) is 5.88 Å². The zero-order valence-electron chi connectivity index (χ0n) is 11.6. The first-order valence-corrected chi connectivity index (χ1v) is 6.56. The number of ether oxygens (including phenoxy) is 1. The quantitative estimate of drug-likeness (QED) is 0.856. The van der Waals surface area contributed by atoms with Crippen molar-refractivity contribution in [3.63, 3.8) is 0 Å². The van der Waals surface area contributed by atoms with Crippen LogP contribution >= 0.6 is 0 Å². The van der Waals surface area contributed by atoms with E-state index in [2.05, 4.69) is 20.6 Å². The van der Waals surface area contributed by atoms with E-state index in [0.29, 0.717) is 11.8 Å². The predicted octanol–water partition coefficient (Wildman–Crippen LogP) is 1.26. The highest BCUT2D eigenvalue weighted by atomic mass is 16.5. The summed E-state index contributed by atoms with van der Waals surface area (Å²) < 4.78 is 5.08. The lowest BCUT2D eigenvalue weighted by Gasteiger charge is -2.26. The van der Waals surface area contributed by atoms with Crippen LogP contribution in [0.25, 0.3) is 0 Å². The van der Waals surface area contributed by atoms with E-state index in [0.717, 1.165) is 31.5 Å². The third kappa shape index (κ3) is 2.84. The fourth-order valence-electron chi connectivity index (χ4n) is 2.38. The van der Waals surface area contributed by atoms with Gasteiger partial charge in [0.2, 0.25) is 17.7 Å². The molecule has 1 aliphatic rings. The minimum Gasteiger partial charge on any atom is -0.481 e. The highest BCUT2D eigenvalue weighted by molar-refractivity contribution is 5.97. The molecule has 0 radical (unpaired) electrons. The monoisotopic (exact) mass is 264 g/mol. The minimum absolute atomic E-state index is 0.0693. The van der Waals surface area contributed by atoms with Gasteiger partial charge in [-0.1, -0.05) is 6.92 Å². The molecule has 0 saturated carbocycles. The molecule has 2 heterocycles. The van der Waals surface area contributed by atoms with Crippen LogP contribution in [0.15, 0.2) is 6.07 Å². The lowest BCUT2D eigenvalue weighted by molar-refractivity contribution is -0.122. The van der Waals surface area contributed by atoms with Gasteiger partial charge in [-0.25, -0.2) is 4.98 Å². The number of hydrogen-bond donors (Lipinski definition) is 2. The molecule has 0 aromatic carbocycles. The highest BCUT2D eigenvalue weighted by Gasteiger charge is 2.39. The molecule has 1 atom stereocenters. The second kappa shape index (κ2) is 5.52. The van der Waals surface area contributed by atoms with E-state index in [1.54, 1.807) is 13.2 Å². The number of anilines is 1. The van der Waals surface area contributed by atoms with E-state index in [4.69, 9.17) is 4.74 Å². The maximum absolute atomic E-state index is 12.4. The first-order chi connectivity index (χ1) is 9.09. The number of aromatic nitrogens is 2. The van der Waals surface area contributed by atoms with Crippen molar-refractivity contribution in [2.24, 2.45) is 0 Å². The number of carbonyl (C=O) groups is 1. The molecule has 1 saturated heterocycles. The molecule has 0 aliphatic carbocycles. The number of aryl methyl sites for hydroxylation is 1. The van der Waals surface area contributed by atoms with Crippen molar-refractivity contribution in [1.82, 2.24) is 15.3 Å². The average Bonchev–Trinajstić information content (AvgIpc) is 2.88. The van der Waals surface area contributed by atoms with Crippen molar-refractivity contribution in [2.75, 3.05) is 19.0 Å². The molecule has 1 aromatic rings. The Morgan fingerprint density at radius 3 is 2.95 bits per heavy atom. The number of hydrogen-bond acceptors (Lipinski definition) is 5. The van der Waals surface area contributed by atoms with Gasteiger partial charge >= 0.3 is 0 Å². The molecule has 2 N–H and O–H groups in total. The molecular weight excluding hydrogens is 244 g/mol. The van der Waals surface area contributed by atoms with Crippen LogP contribution in [-0.2, 0) is 4.79 Å². The molecule has 1 aliphatic heterocycles. The number of amides is 1. The van der Waals surface area contributed by atoms with Crippen LogP contribution in [0.2, 0.25) is 0 Å². The summed E-state index contributed by atoms with van der Waals surface area (Å²) in [4.78, 5) is 20.7. The van der Waals surface area contributed by atoms with Gasteiger partial charge in [-0.15, -0.1) is 0 Å². The topological polar surface area (TPSA) is 76.1 Å². The first-order valence-electron chi connectivity index (χ1n) is 6.56. The number of methoxy groups -OCH3 is 1. The lowest BCUT2D eigenvalue weighted by atomic mass is 9.93. The van der Waals surface area contributed by atoms with Crippen molar-refractivity contribution < 1.29 is 9.53 Å². The van der Waals surface area contributed by atoms with E-state index in [1.165, 1.54) is 0 Å². The molecule has 0 bridgehead atoms. The molecule has 1 amide bonds. The van der Waals surface area contributed by atoms with Crippen molar-refractivity contribution >= 4 is 11.9 Å². The summed E-state index contributed by atoms with van der Waals surface area (Å²) in [5, 5.41) is 6.07. The smallest absolute Gasteiger partial charge is 0.247 e. The predicted molar refractivity (Wildman–Crippen MR) is 72.2 cm³/mol. The summed E-state index contributed by atoms with van der Waals surface area (Å²) in [6, 6.07) is 1.72. The van der Waals surface area contributed by atoms with Gasteiger partial charge in [0, 0.05) is 11.8 Å². The fourth-order valence-corrected chi connectivity index (χ4v) is 2.38. The maximum Gasteiger partial charge on any atom is 0.247 e. The van der Waals surface area contributed by atoms with E-state index in [-0.39, 0.29) is 5.91 Å². The van der Waals surface area contributed by atoms with Gasteiger partial charge in [-0.05, 0) is 32.7 Å². The Morgan fingerprint density at radius 2 is 2.37 bits per heavy atom. The average molecular weight is 264 g/mol. The van der Waals surface area contributed by atoms with Crippen molar-refractivity contribution in [2.45, 2.75) is 38.6 Å². The Balaban J connectivity index is 2.16. The normalized spacial score (nSPS) is 22.3. The molecule has 2 rings (SSSR count). The summed E-state index contributed by atoms with van der Waals surface area (Å²) in [5.41, 5.74) is 0.271. The van der Waals surface area contributed by atoms with Gasteiger partial charge in [-0.3, -0.25) is 10.1 Å². The third-order valence-electron chi connectivity index (χ3n) is 3.55. The first kappa shape index (κ1) is 13.7. The summed E-state index contributed by atoms with van der Waals surface area (Å²) in [6.45, 7) is 4.72. The SMILES string of the molecule is CCC1(C(=O)Nc2nc(C)cc(OC)n2)CCCN1. The second-order valence-corrected chi connectivity index (χ2v) is 4.80. The van der Waals surface area contributed by atoms with Crippen LogP contribution in [0.5, 0.6) is 5.88 Å². The fraction of sp³-hybridized carbons (Fsp3) is 0.615. The second-order valence-electron chi connectivity index (χ2n) is 4.80. The summed E-state index contributed by atoms with van der Waals surface area (Å²) in [7, 11) is 1.54. The van der Waals surface area contributed by atoms with E-state index >= 15 is 0 Å². The molecule has 104 valence electrons. The zero-order valence-corrected chi connectivity index (χ0v) is 11.6. The van der Waals surface area contributed by atoms with Crippen LogP contribution < -0.4 is 15.4 Å². The van der Waals surface area contributed by atoms with Crippen molar-refractivity contribution in [1.29, 1.82) is 0 Å². The van der Waals surface area contributed by atoms with Gasteiger partial charge < -0.3 is 10.1 Å². The van der Waals surface area contributed by atoms with Crippen LogP contribution in [0.3, 0.4) is 0 Å². The molecule has 1 unspecified atom stereocenters. The minimum atomic E-state index is -0.486. The van der Waals surface area contributed by atoms with Gasteiger partial charge in [0.1, 0.15) is 0 Å².